The number of esters is 1. The van der Waals surface area contributed by atoms with E-state index in [0.29, 0.717) is 0 Å². The van der Waals surface area contributed by atoms with E-state index in [2.05, 4.69) is 0 Å². The van der Waals surface area contributed by atoms with Crippen LogP contribution in [0.15, 0.2) is 0 Å². The van der Waals surface area contributed by atoms with Gasteiger partial charge in [-0.05, 0) is 39.5 Å². The second kappa shape index (κ2) is 4.49. The molecule has 0 radical (unpaired) electrons. The predicted octanol–water partition coefficient (Wildman–Crippen LogP) is 0.928. The molecule has 0 bridgehead atoms. The fourth-order valence-electron chi connectivity index (χ4n) is 1.83. The molecular weight excluding hydrogens is 192 g/mol. The molecule has 4 heteroatoms. The van der Waals surface area contributed by atoms with E-state index in [1.807, 2.05) is 6.92 Å². The van der Waals surface area contributed by atoms with Crippen LogP contribution in [0.5, 0.6) is 0 Å². The van der Waals surface area contributed by atoms with Crippen molar-refractivity contribution in [3.63, 3.8) is 0 Å². The van der Waals surface area contributed by atoms with Crippen molar-refractivity contribution in [2.45, 2.75) is 57.1 Å². The molecule has 1 unspecified atom stereocenters. The molecular formula is C11H22N2O2. The van der Waals surface area contributed by atoms with Gasteiger partial charge in [0, 0.05) is 6.54 Å². The predicted molar refractivity (Wildman–Crippen MR) is 59.2 cm³/mol. The first-order valence-electron chi connectivity index (χ1n) is 5.62. The van der Waals surface area contributed by atoms with Crippen LogP contribution in [0.1, 0.15) is 46.0 Å². The number of hydrogen-bond acceptors (Lipinski definition) is 4. The van der Waals surface area contributed by atoms with Gasteiger partial charge < -0.3 is 16.2 Å². The average Bonchev–Trinajstić information content (AvgIpc) is 2.18. The number of ether oxygens (including phenoxy) is 1. The van der Waals surface area contributed by atoms with Gasteiger partial charge in [-0.3, -0.25) is 0 Å². The van der Waals surface area contributed by atoms with Crippen LogP contribution < -0.4 is 11.5 Å². The molecule has 15 heavy (non-hydrogen) atoms. The van der Waals surface area contributed by atoms with Gasteiger partial charge in [0.1, 0.15) is 11.1 Å². The van der Waals surface area contributed by atoms with Gasteiger partial charge in [-0.1, -0.05) is 6.42 Å². The molecule has 0 amide bonds. The number of carbonyl (C=O) groups excluding carboxylic acids is 1. The lowest BCUT2D eigenvalue weighted by molar-refractivity contribution is -0.166. The van der Waals surface area contributed by atoms with Gasteiger partial charge in [0.05, 0.1) is 0 Å². The molecule has 88 valence electrons. The third kappa shape index (κ3) is 3.18. The summed E-state index contributed by atoms with van der Waals surface area (Å²) in [5.41, 5.74) is 9.78. The molecule has 1 rings (SSSR count). The summed E-state index contributed by atoms with van der Waals surface area (Å²) < 4.78 is 5.49. The highest BCUT2D eigenvalue weighted by Crippen LogP contribution is 2.31. The lowest BCUT2D eigenvalue weighted by Gasteiger charge is -2.35. The molecule has 0 spiro atoms. The van der Waals surface area contributed by atoms with Gasteiger partial charge in [0.15, 0.2) is 0 Å². The highest BCUT2D eigenvalue weighted by Gasteiger charge is 2.36. The smallest absolute Gasteiger partial charge is 0.327 e. The summed E-state index contributed by atoms with van der Waals surface area (Å²) in [5.74, 6) is -0.380. The molecule has 0 saturated heterocycles. The monoisotopic (exact) mass is 214 g/mol. The molecule has 1 fully saturated rings. The van der Waals surface area contributed by atoms with Gasteiger partial charge in [-0.25, -0.2) is 4.79 Å². The van der Waals surface area contributed by atoms with Gasteiger partial charge in [-0.2, -0.15) is 0 Å². The van der Waals surface area contributed by atoms with Crippen LogP contribution in [0.4, 0.5) is 0 Å². The van der Waals surface area contributed by atoms with Crippen LogP contribution in [0.2, 0.25) is 0 Å². The largest absolute Gasteiger partial charge is 0.458 e. The van der Waals surface area contributed by atoms with E-state index in [-0.39, 0.29) is 18.1 Å². The molecule has 0 aliphatic heterocycles. The van der Waals surface area contributed by atoms with Crippen molar-refractivity contribution in [3.05, 3.63) is 0 Å². The summed E-state index contributed by atoms with van der Waals surface area (Å²) in [7, 11) is 0. The molecule has 0 aromatic carbocycles. The lowest BCUT2D eigenvalue weighted by atomic mass is 9.86. The van der Waals surface area contributed by atoms with Crippen molar-refractivity contribution in [1.82, 2.24) is 0 Å². The Kier molecular flexibility index (Phi) is 3.73. The zero-order valence-corrected chi connectivity index (χ0v) is 9.71. The van der Waals surface area contributed by atoms with Crippen molar-refractivity contribution in [3.8, 4) is 0 Å². The van der Waals surface area contributed by atoms with Crippen LogP contribution in [0.25, 0.3) is 0 Å². The number of hydrogen-bond donors (Lipinski definition) is 2. The maximum Gasteiger partial charge on any atom is 0.327 e. The summed E-state index contributed by atoms with van der Waals surface area (Å²) in [6, 6.07) is 0. The molecule has 1 aliphatic rings. The van der Waals surface area contributed by atoms with E-state index in [1.54, 1.807) is 6.92 Å². The van der Waals surface area contributed by atoms with E-state index in [0.717, 1.165) is 25.7 Å². The summed E-state index contributed by atoms with van der Waals surface area (Å²) in [6.07, 6.45) is 5.32. The zero-order chi connectivity index (χ0) is 11.5. The summed E-state index contributed by atoms with van der Waals surface area (Å²) >= 11 is 0. The normalized spacial score (nSPS) is 24.3. The first kappa shape index (κ1) is 12.5. The second-order valence-corrected chi connectivity index (χ2v) is 5.02. The molecule has 4 nitrogen and oxygen atoms in total. The summed E-state index contributed by atoms with van der Waals surface area (Å²) in [5, 5.41) is 0. The van der Waals surface area contributed by atoms with Crippen LogP contribution >= 0.6 is 0 Å². The second-order valence-electron chi connectivity index (χ2n) is 5.02. The van der Waals surface area contributed by atoms with Crippen LogP contribution in [-0.2, 0) is 9.53 Å². The number of carbonyl (C=O) groups is 1. The first-order chi connectivity index (χ1) is 6.90. The van der Waals surface area contributed by atoms with E-state index < -0.39 is 5.54 Å². The first-order valence-corrected chi connectivity index (χ1v) is 5.62. The molecule has 0 aromatic rings. The van der Waals surface area contributed by atoms with Crippen molar-refractivity contribution in [2.24, 2.45) is 11.5 Å². The quantitative estimate of drug-likeness (QED) is 0.685. The lowest BCUT2D eigenvalue weighted by Crippen LogP contribution is -2.54. The average molecular weight is 214 g/mol. The fraction of sp³-hybridized carbons (Fsp3) is 0.909. The van der Waals surface area contributed by atoms with E-state index in [1.165, 1.54) is 6.42 Å². The minimum Gasteiger partial charge on any atom is -0.458 e. The Morgan fingerprint density at radius 2 is 1.93 bits per heavy atom. The van der Waals surface area contributed by atoms with E-state index in [9.17, 15) is 4.79 Å². The molecule has 1 atom stereocenters. The van der Waals surface area contributed by atoms with Gasteiger partial charge in [0.2, 0.25) is 0 Å². The van der Waals surface area contributed by atoms with Crippen LogP contribution in [-0.4, -0.2) is 23.7 Å². The van der Waals surface area contributed by atoms with Crippen molar-refractivity contribution in [1.29, 1.82) is 0 Å². The molecule has 0 aromatic heterocycles. The fourth-order valence-corrected chi connectivity index (χ4v) is 1.83. The molecule has 1 aliphatic carbocycles. The van der Waals surface area contributed by atoms with Gasteiger partial charge in [0.25, 0.3) is 0 Å². The molecule has 4 N–H and O–H groups in total. The summed E-state index contributed by atoms with van der Waals surface area (Å²) in [6.45, 7) is 3.71. The zero-order valence-electron chi connectivity index (χ0n) is 9.71. The van der Waals surface area contributed by atoms with Gasteiger partial charge in [-0.15, -0.1) is 0 Å². The standard InChI is InChI=1S/C11H22N2O2/c1-10(6-4-3-5-7-10)15-9(14)11(2,13)8-12/h3-8,12-13H2,1-2H3. The minimum atomic E-state index is -1.06. The minimum absolute atomic E-state index is 0.113. The Labute approximate surface area is 91.3 Å². The Bertz CT molecular complexity index is 233. The van der Waals surface area contributed by atoms with Gasteiger partial charge >= 0.3 is 5.97 Å². The number of nitrogens with two attached hydrogens (primary N) is 2. The molecule has 1 saturated carbocycles. The SMILES string of the molecule is CC1(OC(=O)C(C)(N)CN)CCCCC1. The van der Waals surface area contributed by atoms with E-state index >= 15 is 0 Å². The van der Waals surface area contributed by atoms with Crippen LogP contribution in [0.3, 0.4) is 0 Å². The Morgan fingerprint density at radius 1 is 1.40 bits per heavy atom. The van der Waals surface area contributed by atoms with Crippen molar-refractivity contribution in [2.75, 3.05) is 6.54 Å². The molecule has 0 heterocycles. The van der Waals surface area contributed by atoms with Crippen LogP contribution in [0, 0.1) is 0 Å². The maximum atomic E-state index is 11.7. The van der Waals surface area contributed by atoms with E-state index in [4.69, 9.17) is 16.2 Å². The highest BCUT2D eigenvalue weighted by molar-refractivity contribution is 5.80. The third-order valence-electron chi connectivity index (χ3n) is 3.14. The highest BCUT2D eigenvalue weighted by atomic mass is 16.6. The van der Waals surface area contributed by atoms with Crippen molar-refractivity contribution < 1.29 is 9.53 Å². The van der Waals surface area contributed by atoms with Crippen molar-refractivity contribution >= 4 is 5.97 Å². The topological polar surface area (TPSA) is 78.3 Å². The summed E-state index contributed by atoms with van der Waals surface area (Å²) in [4.78, 5) is 11.7. The Hall–Kier alpha value is -0.610. The maximum absolute atomic E-state index is 11.7. The Balaban J connectivity index is 2.56. The Morgan fingerprint density at radius 3 is 2.40 bits per heavy atom. The third-order valence-corrected chi connectivity index (χ3v) is 3.14. The number of rotatable bonds is 3.